The predicted octanol–water partition coefficient (Wildman–Crippen LogP) is 5.08. The summed E-state index contributed by atoms with van der Waals surface area (Å²) in [5, 5.41) is 19.4. The fourth-order valence-corrected chi connectivity index (χ4v) is 8.40. The van der Waals surface area contributed by atoms with Gasteiger partial charge in [0.15, 0.2) is 0 Å². The summed E-state index contributed by atoms with van der Waals surface area (Å²) in [5.74, 6) is 0.0300. The predicted molar refractivity (Wildman–Crippen MR) is 173 cm³/mol. The molecular weight excluding hydrogens is 584 g/mol. The fourth-order valence-electron chi connectivity index (χ4n) is 8.40. The molecule has 3 aromatic rings. The molecule has 0 radical (unpaired) electrons. The normalized spacial score (nSPS) is 24.2. The quantitative estimate of drug-likeness (QED) is 0.157. The molecule has 7 rings (SSSR count). The van der Waals surface area contributed by atoms with Crippen molar-refractivity contribution in [2.75, 3.05) is 6.54 Å². The largest absolute Gasteiger partial charge is 0.480 e. The average molecular weight is 629 g/mol. The zero-order chi connectivity index (χ0) is 32.1. The molecule has 4 saturated carbocycles. The molecule has 0 spiro atoms. The van der Waals surface area contributed by atoms with E-state index in [1.165, 1.54) is 19.3 Å². The number of fused-ring (bicyclic) bond motifs is 1. The number of hydrogen-bond donors (Lipinski definition) is 5. The van der Waals surface area contributed by atoms with Gasteiger partial charge in [-0.25, -0.2) is 9.59 Å². The van der Waals surface area contributed by atoms with Crippen LogP contribution in [0.2, 0.25) is 0 Å². The second kappa shape index (κ2) is 14.0. The first-order valence-corrected chi connectivity index (χ1v) is 16.6. The Morgan fingerprint density at radius 2 is 1.54 bits per heavy atom. The Balaban J connectivity index is 1.06. The zero-order valence-electron chi connectivity index (χ0n) is 26.1. The van der Waals surface area contributed by atoms with E-state index in [1.54, 1.807) is 0 Å². The van der Waals surface area contributed by atoms with E-state index in [-0.39, 0.29) is 25.4 Å². The van der Waals surface area contributed by atoms with Gasteiger partial charge in [0.05, 0.1) is 0 Å². The van der Waals surface area contributed by atoms with Crippen LogP contribution in [0.1, 0.15) is 68.9 Å². The van der Waals surface area contributed by atoms with Crippen molar-refractivity contribution >= 4 is 34.8 Å². The maximum Gasteiger partial charge on any atom is 0.407 e. The van der Waals surface area contributed by atoms with Crippen molar-refractivity contribution in [3.05, 3.63) is 71.9 Å². The summed E-state index contributed by atoms with van der Waals surface area (Å²) in [7, 11) is 0. The van der Waals surface area contributed by atoms with E-state index in [0.29, 0.717) is 37.1 Å². The molecule has 3 amide bonds. The van der Waals surface area contributed by atoms with E-state index >= 15 is 0 Å². The Morgan fingerprint density at radius 3 is 2.24 bits per heavy atom. The number of hydrogen-bond acceptors (Lipinski definition) is 5. The number of H-pyrrole nitrogens is 1. The van der Waals surface area contributed by atoms with Crippen molar-refractivity contribution in [1.82, 2.24) is 20.9 Å². The molecule has 4 aliphatic rings. The SMILES string of the molecule is O=C(NCCCC[C@H](NC(=O)[C@@H](Cc1c[nH]c2ccccc12)NC(=O)C12CC3CC(CC(C3)C1)C2)C(=O)O)OCc1ccccc1. The number of ether oxygens (including phenoxy) is 1. The van der Waals surface area contributed by atoms with E-state index in [0.717, 1.165) is 41.3 Å². The summed E-state index contributed by atoms with van der Waals surface area (Å²) < 4.78 is 5.21. The Morgan fingerprint density at radius 1 is 0.870 bits per heavy atom. The van der Waals surface area contributed by atoms with Gasteiger partial charge in [0.25, 0.3) is 0 Å². The van der Waals surface area contributed by atoms with Gasteiger partial charge in [0, 0.05) is 35.5 Å². The first kappa shape index (κ1) is 31.6. The Bertz CT molecular complexity index is 1520. The zero-order valence-corrected chi connectivity index (χ0v) is 26.1. The summed E-state index contributed by atoms with van der Waals surface area (Å²) >= 11 is 0. The minimum atomic E-state index is -1.14. The Labute approximate surface area is 269 Å². The fraction of sp³-hybridized carbons (Fsp3) is 0.500. The van der Waals surface area contributed by atoms with Crippen molar-refractivity contribution in [3.63, 3.8) is 0 Å². The molecule has 46 heavy (non-hydrogen) atoms. The molecule has 2 aromatic carbocycles. The van der Waals surface area contributed by atoms with Crippen molar-refractivity contribution in [1.29, 1.82) is 0 Å². The molecule has 2 atom stereocenters. The second-order valence-electron chi connectivity index (χ2n) is 13.7. The van der Waals surface area contributed by atoms with Gasteiger partial charge >= 0.3 is 12.1 Å². The van der Waals surface area contributed by atoms with Crippen molar-refractivity contribution in [2.45, 2.75) is 82.9 Å². The summed E-state index contributed by atoms with van der Waals surface area (Å²) in [6.45, 7) is 0.483. The molecule has 4 aliphatic carbocycles. The number of carboxylic acid groups (broad SMARTS) is 1. The van der Waals surface area contributed by atoms with Crippen molar-refractivity contribution in [3.8, 4) is 0 Å². The smallest absolute Gasteiger partial charge is 0.407 e. The maximum absolute atomic E-state index is 14.0. The Kier molecular flexibility index (Phi) is 9.61. The molecule has 0 aliphatic heterocycles. The molecule has 10 nitrogen and oxygen atoms in total. The van der Waals surface area contributed by atoms with Gasteiger partial charge in [0.2, 0.25) is 11.8 Å². The second-order valence-corrected chi connectivity index (χ2v) is 13.7. The number of aliphatic carboxylic acids is 1. The number of rotatable bonds is 14. The molecule has 1 aromatic heterocycles. The number of alkyl carbamates (subject to hydrolysis) is 1. The third-order valence-electron chi connectivity index (χ3n) is 10.3. The molecule has 0 saturated heterocycles. The van der Waals surface area contributed by atoms with Crippen molar-refractivity contribution in [2.24, 2.45) is 23.2 Å². The highest BCUT2D eigenvalue weighted by molar-refractivity contribution is 5.93. The lowest BCUT2D eigenvalue weighted by Gasteiger charge is -2.55. The Hall–Kier alpha value is -4.34. The van der Waals surface area contributed by atoms with Gasteiger partial charge in [0.1, 0.15) is 18.7 Å². The number of carboxylic acids is 1. The van der Waals surface area contributed by atoms with Gasteiger partial charge in [-0.1, -0.05) is 48.5 Å². The minimum Gasteiger partial charge on any atom is -0.480 e. The van der Waals surface area contributed by atoms with E-state index < -0.39 is 35.5 Å². The first-order valence-electron chi connectivity index (χ1n) is 16.6. The van der Waals surface area contributed by atoms with Crippen LogP contribution in [0.25, 0.3) is 10.9 Å². The van der Waals surface area contributed by atoms with E-state index in [2.05, 4.69) is 20.9 Å². The number of aromatic amines is 1. The van der Waals surface area contributed by atoms with Crippen LogP contribution in [0.5, 0.6) is 0 Å². The van der Waals surface area contributed by atoms with Crippen LogP contribution >= 0.6 is 0 Å². The van der Waals surface area contributed by atoms with Crippen LogP contribution in [0.3, 0.4) is 0 Å². The number of benzene rings is 2. The highest BCUT2D eigenvalue weighted by Gasteiger charge is 2.55. The number of aromatic nitrogens is 1. The number of nitrogens with one attached hydrogen (secondary N) is 4. The summed E-state index contributed by atoms with van der Waals surface area (Å²) in [6.07, 6.45) is 8.96. The van der Waals surface area contributed by atoms with Crippen LogP contribution in [-0.2, 0) is 32.1 Å². The molecule has 244 valence electrons. The molecule has 4 bridgehead atoms. The van der Waals surface area contributed by atoms with Gasteiger partial charge in [-0.2, -0.15) is 0 Å². The standard InChI is InChI=1S/C36H44N4O6/c41-32(39-30(33(42)43)12-6-7-13-37-35(45)46-22-23-8-2-1-3-9-23)31(17-27-21-38-29-11-5-4-10-28(27)29)40-34(44)36-18-24-14-25(19-36)16-26(15-24)20-36/h1-5,8-11,21,24-26,30-31,38H,6-7,12-20,22H2,(H,37,45)(H,39,41)(H,40,44)(H,42,43)/t24?,25?,26?,30-,31+,36?/m0/s1. The average Bonchev–Trinajstić information content (AvgIpc) is 3.45. The van der Waals surface area contributed by atoms with Crippen LogP contribution in [0.15, 0.2) is 60.8 Å². The molecule has 0 unspecified atom stereocenters. The van der Waals surface area contributed by atoms with Gasteiger partial charge < -0.3 is 30.8 Å². The van der Waals surface area contributed by atoms with Crippen LogP contribution in [0, 0.1) is 23.2 Å². The number of amides is 3. The maximum atomic E-state index is 14.0. The minimum absolute atomic E-state index is 0.0660. The third kappa shape index (κ3) is 7.37. The monoisotopic (exact) mass is 628 g/mol. The van der Waals surface area contributed by atoms with Gasteiger partial charge in [-0.15, -0.1) is 0 Å². The highest BCUT2D eigenvalue weighted by Crippen LogP contribution is 2.60. The van der Waals surface area contributed by atoms with Crippen molar-refractivity contribution < 1.29 is 29.0 Å². The molecular formula is C36H44N4O6. The van der Waals surface area contributed by atoms with Gasteiger partial charge in [-0.3, -0.25) is 9.59 Å². The van der Waals surface area contributed by atoms with Crippen LogP contribution < -0.4 is 16.0 Å². The molecule has 10 heteroatoms. The van der Waals surface area contributed by atoms with Crippen LogP contribution in [-0.4, -0.2) is 52.6 Å². The molecule has 5 N–H and O–H groups in total. The number of carbonyl (C=O) groups is 4. The number of para-hydroxylation sites is 1. The lowest BCUT2D eigenvalue weighted by Crippen LogP contribution is -2.58. The topological polar surface area (TPSA) is 150 Å². The summed E-state index contributed by atoms with van der Waals surface area (Å²) in [5.41, 5.74) is 2.27. The summed E-state index contributed by atoms with van der Waals surface area (Å²) in [4.78, 5) is 55.2. The van der Waals surface area contributed by atoms with E-state index in [1.807, 2.05) is 60.8 Å². The summed E-state index contributed by atoms with van der Waals surface area (Å²) in [6, 6.07) is 15.1. The lowest BCUT2D eigenvalue weighted by molar-refractivity contribution is -0.149. The number of carbonyl (C=O) groups excluding carboxylic acids is 3. The number of unbranched alkanes of at least 4 members (excludes halogenated alkanes) is 1. The third-order valence-corrected chi connectivity index (χ3v) is 10.3. The van der Waals surface area contributed by atoms with Crippen LogP contribution in [0.4, 0.5) is 4.79 Å². The van der Waals surface area contributed by atoms with E-state index in [9.17, 15) is 24.3 Å². The molecule has 1 heterocycles. The van der Waals surface area contributed by atoms with Gasteiger partial charge in [-0.05, 0) is 92.7 Å². The highest BCUT2D eigenvalue weighted by atomic mass is 16.5. The molecule has 4 fully saturated rings. The lowest BCUT2D eigenvalue weighted by atomic mass is 9.49. The first-order chi connectivity index (χ1) is 22.3. The van der Waals surface area contributed by atoms with E-state index in [4.69, 9.17) is 4.74 Å².